The van der Waals surface area contributed by atoms with Crippen molar-refractivity contribution >= 4 is 5.82 Å². The molecule has 0 aliphatic carbocycles. The molecular formula is C12H19N3O. The minimum Gasteiger partial charge on any atom is -0.384 e. The maximum absolute atomic E-state index is 5.83. The van der Waals surface area contributed by atoms with Gasteiger partial charge in [0.15, 0.2) is 0 Å². The molecule has 2 unspecified atom stereocenters. The monoisotopic (exact) mass is 221 g/mol. The van der Waals surface area contributed by atoms with Crippen LogP contribution in [0.4, 0.5) is 5.82 Å². The quantitative estimate of drug-likeness (QED) is 0.821. The molecule has 1 aromatic rings. The van der Waals surface area contributed by atoms with Crippen molar-refractivity contribution in [3.05, 3.63) is 23.9 Å². The Morgan fingerprint density at radius 3 is 3.00 bits per heavy atom. The summed E-state index contributed by atoms with van der Waals surface area (Å²) in [5.41, 5.74) is 6.68. The van der Waals surface area contributed by atoms with Crippen LogP contribution in [0, 0.1) is 0 Å². The molecule has 1 fully saturated rings. The van der Waals surface area contributed by atoms with Crippen molar-refractivity contribution in [2.75, 3.05) is 25.4 Å². The molecule has 2 N–H and O–H groups in total. The maximum atomic E-state index is 5.83. The molecule has 0 bridgehead atoms. The van der Waals surface area contributed by atoms with Gasteiger partial charge in [0, 0.05) is 24.3 Å². The van der Waals surface area contributed by atoms with Crippen LogP contribution in [-0.2, 0) is 4.74 Å². The van der Waals surface area contributed by atoms with Gasteiger partial charge in [-0.3, -0.25) is 4.90 Å². The molecular weight excluding hydrogens is 202 g/mol. The Bertz CT molecular complexity index is 339. The van der Waals surface area contributed by atoms with E-state index in [0.717, 1.165) is 25.3 Å². The first-order valence-electron chi connectivity index (χ1n) is 5.77. The number of nitrogens with zero attached hydrogens (tertiary/aromatic N) is 2. The molecule has 0 amide bonds. The van der Waals surface area contributed by atoms with Crippen LogP contribution in [0.15, 0.2) is 18.3 Å². The standard InChI is InChI=1S/C12H19N3O/c1-3-15-7-11(16-8-9(15)2)10-4-5-12(13)14-6-10/h4-6,9,11H,3,7-8H2,1-2H3,(H2,13,14). The predicted octanol–water partition coefficient (Wildman–Crippen LogP) is 1.45. The Hall–Kier alpha value is -1.13. The molecule has 0 saturated carbocycles. The molecule has 88 valence electrons. The van der Waals surface area contributed by atoms with E-state index >= 15 is 0 Å². The number of ether oxygens (including phenoxy) is 1. The predicted molar refractivity (Wildman–Crippen MR) is 64.1 cm³/mol. The summed E-state index contributed by atoms with van der Waals surface area (Å²) < 4.78 is 5.83. The SMILES string of the molecule is CCN1CC(c2ccc(N)nc2)OCC1C. The van der Waals surface area contributed by atoms with E-state index < -0.39 is 0 Å². The molecule has 0 radical (unpaired) electrons. The van der Waals surface area contributed by atoms with Crippen molar-refractivity contribution in [3.8, 4) is 0 Å². The topological polar surface area (TPSA) is 51.4 Å². The van der Waals surface area contributed by atoms with Crippen molar-refractivity contribution in [1.82, 2.24) is 9.88 Å². The van der Waals surface area contributed by atoms with Gasteiger partial charge in [0.2, 0.25) is 0 Å². The van der Waals surface area contributed by atoms with Crippen LogP contribution in [0.1, 0.15) is 25.5 Å². The number of hydrogen-bond donors (Lipinski definition) is 1. The minimum atomic E-state index is 0.129. The van der Waals surface area contributed by atoms with Crippen LogP contribution in [-0.4, -0.2) is 35.6 Å². The van der Waals surface area contributed by atoms with E-state index in [4.69, 9.17) is 10.5 Å². The zero-order chi connectivity index (χ0) is 11.5. The lowest BCUT2D eigenvalue weighted by atomic mass is 10.1. The van der Waals surface area contributed by atoms with E-state index in [1.807, 2.05) is 18.3 Å². The number of rotatable bonds is 2. The maximum Gasteiger partial charge on any atom is 0.123 e. The van der Waals surface area contributed by atoms with Crippen LogP contribution in [0.3, 0.4) is 0 Å². The van der Waals surface area contributed by atoms with Crippen molar-refractivity contribution in [2.24, 2.45) is 0 Å². The molecule has 4 nitrogen and oxygen atoms in total. The minimum absolute atomic E-state index is 0.129. The zero-order valence-corrected chi connectivity index (χ0v) is 9.89. The summed E-state index contributed by atoms with van der Waals surface area (Å²) in [6, 6.07) is 4.33. The molecule has 1 aliphatic heterocycles. The molecule has 1 aromatic heterocycles. The Morgan fingerprint density at radius 1 is 1.56 bits per heavy atom. The smallest absolute Gasteiger partial charge is 0.123 e. The Kier molecular flexibility index (Phi) is 3.41. The summed E-state index contributed by atoms with van der Waals surface area (Å²) in [5, 5.41) is 0. The van der Waals surface area contributed by atoms with Crippen LogP contribution in [0.25, 0.3) is 0 Å². The highest BCUT2D eigenvalue weighted by molar-refractivity contribution is 5.30. The van der Waals surface area contributed by atoms with Crippen molar-refractivity contribution in [1.29, 1.82) is 0 Å². The van der Waals surface area contributed by atoms with Crippen molar-refractivity contribution < 1.29 is 4.74 Å². The molecule has 1 aliphatic rings. The van der Waals surface area contributed by atoms with Gasteiger partial charge in [0.25, 0.3) is 0 Å². The summed E-state index contributed by atoms with van der Waals surface area (Å²) in [5.74, 6) is 0.556. The van der Waals surface area contributed by atoms with Crippen LogP contribution in [0.5, 0.6) is 0 Å². The largest absolute Gasteiger partial charge is 0.384 e. The Balaban J connectivity index is 2.08. The summed E-state index contributed by atoms with van der Waals surface area (Å²) in [6.07, 6.45) is 1.94. The highest BCUT2D eigenvalue weighted by Gasteiger charge is 2.25. The lowest BCUT2D eigenvalue weighted by molar-refractivity contribution is -0.0581. The van der Waals surface area contributed by atoms with E-state index in [-0.39, 0.29) is 6.10 Å². The number of likely N-dealkylation sites (N-methyl/N-ethyl adjacent to an activating group) is 1. The van der Waals surface area contributed by atoms with E-state index in [1.165, 1.54) is 0 Å². The van der Waals surface area contributed by atoms with Gasteiger partial charge in [-0.25, -0.2) is 4.98 Å². The summed E-state index contributed by atoms with van der Waals surface area (Å²) in [6.45, 7) is 7.15. The van der Waals surface area contributed by atoms with Crippen molar-refractivity contribution in [2.45, 2.75) is 26.0 Å². The van der Waals surface area contributed by atoms with Crippen LogP contribution >= 0.6 is 0 Å². The van der Waals surface area contributed by atoms with Gasteiger partial charge in [-0.15, -0.1) is 0 Å². The molecule has 1 saturated heterocycles. The molecule has 0 spiro atoms. The third-order valence-corrected chi connectivity index (χ3v) is 3.15. The highest BCUT2D eigenvalue weighted by Crippen LogP contribution is 2.24. The number of anilines is 1. The Morgan fingerprint density at radius 2 is 2.38 bits per heavy atom. The van der Waals surface area contributed by atoms with Gasteiger partial charge in [0.1, 0.15) is 5.82 Å². The van der Waals surface area contributed by atoms with E-state index in [1.54, 1.807) is 0 Å². The summed E-state index contributed by atoms with van der Waals surface area (Å²) >= 11 is 0. The van der Waals surface area contributed by atoms with E-state index in [2.05, 4.69) is 23.7 Å². The first kappa shape index (κ1) is 11.4. The normalized spacial score (nSPS) is 26.9. The third kappa shape index (κ3) is 2.33. The van der Waals surface area contributed by atoms with Crippen molar-refractivity contribution in [3.63, 3.8) is 0 Å². The number of nitrogens with two attached hydrogens (primary N) is 1. The lowest BCUT2D eigenvalue weighted by Crippen LogP contribution is -2.44. The average Bonchev–Trinajstić information content (AvgIpc) is 2.31. The Labute approximate surface area is 96.4 Å². The zero-order valence-electron chi connectivity index (χ0n) is 9.89. The fourth-order valence-corrected chi connectivity index (χ4v) is 2.06. The molecule has 0 aromatic carbocycles. The molecule has 2 rings (SSSR count). The van der Waals surface area contributed by atoms with Gasteiger partial charge in [-0.1, -0.05) is 13.0 Å². The number of pyridine rings is 1. The van der Waals surface area contributed by atoms with E-state index in [0.29, 0.717) is 11.9 Å². The number of morpholine rings is 1. The number of nitrogen functional groups attached to an aromatic ring is 1. The summed E-state index contributed by atoms with van der Waals surface area (Å²) in [7, 11) is 0. The van der Waals surface area contributed by atoms with Gasteiger partial charge in [-0.2, -0.15) is 0 Å². The first-order valence-corrected chi connectivity index (χ1v) is 5.77. The van der Waals surface area contributed by atoms with E-state index in [9.17, 15) is 0 Å². The van der Waals surface area contributed by atoms with Crippen LogP contribution < -0.4 is 5.73 Å². The van der Waals surface area contributed by atoms with Gasteiger partial charge in [0.05, 0.1) is 12.7 Å². The molecule has 2 heterocycles. The van der Waals surface area contributed by atoms with Gasteiger partial charge >= 0.3 is 0 Å². The number of hydrogen-bond acceptors (Lipinski definition) is 4. The van der Waals surface area contributed by atoms with Gasteiger partial charge < -0.3 is 10.5 Å². The first-order chi connectivity index (χ1) is 7.70. The molecule has 2 atom stereocenters. The van der Waals surface area contributed by atoms with Gasteiger partial charge in [-0.05, 0) is 19.5 Å². The average molecular weight is 221 g/mol. The second-order valence-electron chi connectivity index (χ2n) is 4.27. The number of aromatic nitrogens is 1. The fraction of sp³-hybridized carbons (Fsp3) is 0.583. The van der Waals surface area contributed by atoms with Crippen LogP contribution in [0.2, 0.25) is 0 Å². The second-order valence-corrected chi connectivity index (χ2v) is 4.27. The highest BCUT2D eigenvalue weighted by atomic mass is 16.5. The summed E-state index contributed by atoms with van der Waals surface area (Å²) in [4.78, 5) is 6.52. The third-order valence-electron chi connectivity index (χ3n) is 3.15. The molecule has 4 heteroatoms. The molecule has 16 heavy (non-hydrogen) atoms. The second kappa shape index (κ2) is 4.80. The fourth-order valence-electron chi connectivity index (χ4n) is 2.06. The lowest BCUT2D eigenvalue weighted by Gasteiger charge is -2.37.